The molecule has 0 radical (unpaired) electrons. The molecule has 0 saturated heterocycles. The third-order valence-corrected chi connectivity index (χ3v) is 3.37. The number of halogens is 4. The van der Waals surface area contributed by atoms with Gasteiger partial charge in [0, 0.05) is 22.0 Å². The van der Waals surface area contributed by atoms with Crippen LogP contribution in [0.5, 0.6) is 0 Å². The first-order valence-corrected chi connectivity index (χ1v) is 6.71. The summed E-state index contributed by atoms with van der Waals surface area (Å²) in [6.45, 7) is 0. The zero-order valence-corrected chi connectivity index (χ0v) is 12.0. The van der Waals surface area contributed by atoms with Crippen LogP contribution < -0.4 is 0 Å². The first-order chi connectivity index (χ1) is 8.95. The van der Waals surface area contributed by atoms with Crippen molar-refractivity contribution in [2.45, 2.75) is 12.5 Å². The van der Waals surface area contributed by atoms with Crippen LogP contribution in [0.25, 0.3) is 0 Å². The number of benzene rings is 2. The van der Waals surface area contributed by atoms with Crippen molar-refractivity contribution in [1.29, 1.82) is 0 Å². The highest BCUT2D eigenvalue weighted by Gasteiger charge is 2.13. The van der Waals surface area contributed by atoms with E-state index in [9.17, 15) is 13.9 Å². The molecule has 2 aromatic carbocycles. The Morgan fingerprint density at radius 3 is 2.53 bits per heavy atom. The molecule has 2 aromatic rings. The van der Waals surface area contributed by atoms with Gasteiger partial charge in [0.15, 0.2) is 0 Å². The molecule has 5 heteroatoms. The van der Waals surface area contributed by atoms with Crippen molar-refractivity contribution in [2.75, 3.05) is 0 Å². The Hall–Kier alpha value is -0.970. The van der Waals surface area contributed by atoms with Crippen LogP contribution in [0.1, 0.15) is 17.2 Å². The zero-order chi connectivity index (χ0) is 14.0. The van der Waals surface area contributed by atoms with Crippen molar-refractivity contribution in [1.82, 2.24) is 0 Å². The molecule has 0 aliphatic heterocycles. The highest BCUT2D eigenvalue weighted by molar-refractivity contribution is 9.10. The smallest absolute Gasteiger partial charge is 0.129 e. The van der Waals surface area contributed by atoms with E-state index in [2.05, 4.69) is 15.9 Å². The molecule has 19 heavy (non-hydrogen) atoms. The van der Waals surface area contributed by atoms with E-state index in [1.807, 2.05) is 0 Å². The minimum atomic E-state index is -0.907. The van der Waals surface area contributed by atoms with Gasteiger partial charge in [-0.3, -0.25) is 0 Å². The Bertz CT molecular complexity index is 584. The van der Waals surface area contributed by atoms with E-state index in [0.29, 0.717) is 10.6 Å². The first-order valence-electron chi connectivity index (χ1n) is 5.53. The highest BCUT2D eigenvalue weighted by atomic mass is 79.9. The van der Waals surface area contributed by atoms with Crippen molar-refractivity contribution < 1.29 is 13.9 Å². The average molecular weight is 348 g/mol. The van der Waals surface area contributed by atoms with Gasteiger partial charge in [0.05, 0.1) is 6.10 Å². The lowest BCUT2D eigenvalue weighted by Gasteiger charge is -2.12. The van der Waals surface area contributed by atoms with Gasteiger partial charge in [0.2, 0.25) is 0 Å². The van der Waals surface area contributed by atoms with Gasteiger partial charge in [-0.15, -0.1) is 0 Å². The third-order valence-electron chi connectivity index (χ3n) is 2.70. The molecular weight excluding hydrogens is 338 g/mol. The summed E-state index contributed by atoms with van der Waals surface area (Å²) in [6, 6.07) is 8.30. The van der Waals surface area contributed by atoms with Gasteiger partial charge >= 0.3 is 0 Å². The summed E-state index contributed by atoms with van der Waals surface area (Å²) in [5.41, 5.74) is 0.827. The molecule has 2 rings (SSSR count). The third kappa shape index (κ3) is 3.75. The normalized spacial score (nSPS) is 12.5. The Morgan fingerprint density at radius 2 is 1.89 bits per heavy atom. The second kappa shape index (κ2) is 5.99. The lowest BCUT2D eigenvalue weighted by Crippen LogP contribution is -2.04. The minimum Gasteiger partial charge on any atom is -0.388 e. The number of aliphatic hydroxyl groups is 1. The van der Waals surface area contributed by atoms with Gasteiger partial charge in [0.1, 0.15) is 11.6 Å². The summed E-state index contributed by atoms with van der Waals surface area (Å²) in [6.07, 6.45) is -0.853. The van der Waals surface area contributed by atoms with Crippen molar-refractivity contribution in [3.8, 4) is 0 Å². The van der Waals surface area contributed by atoms with E-state index in [1.165, 1.54) is 12.1 Å². The molecule has 0 amide bonds. The summed E-state index contributed by atoms with van der Waals surface area (Å²) < 4.78 is 27.0. The van der Waals surface area contributed by atoms with E-state index in [4.69, 9.17) is 11.6 Å². The van der Waals surface area contributed by atoms with Gasteiger partial charge in [-0.2, -0.15) is 0 Å². The van der Waals surface area contributed by atoms with Crippen LogP contribution in [0.3, 0.4) is 0 Å². The summed E-state index contributed by atoms with van der Waals surface area (Å²) in [4.78, 5) is 0. The molecule has 0 aromatic heterocycles. The van der Waals surface area contributed by atoms with Crippen molar-refractivity contribution >= 4 is 27.5 Å². The Morgan fingerprint density at radius 1 is 1.16 bits per heavy atom. The fourth-order valence-electron chi connectivity index (χ4n) is 1.78. The molecule has 1 atom stereocenters. The number of hydrogen-bond acceptors (Lipinski definition) is 1. The summed E-state index contributed by atoms with van der Waals surface area (Å²) in [7, 11) is 0. The molecule has 1 nitrogen and oxygen atoms in total. The van der Waals surface area contributed by atoms with Crippen LogP contribution >= 0.6 is 27.5 Å². The first kappa shape index (κ1) is 14.4. The fourth-order valence-corrected chi connectivity index (χ4v) is 2.67. The maximum Gasteiger partial charge on any atom is 0.129 e. The quantitative estimate of drug-likeness (QED) is 0.856. The molecule has 0 aliphatic carbocycles. The van der Waals surface area contributed by atoms with Crippen LogP contribution in [0.2, 0.25) is 5.02 Å². The Labute approximate surface area is 123 Å². The molecule has 100 valence electrons. The van der Waals surface area contributed by atoms with E-state index in [-0.39, 0.29) is 12.0 Å². The van der Waals surface area contributed by atoms with Crippen LogP contribution in [0.4, 0.5) is 8.78 Å². The van der Waals surface area contributed by atoms with Crippen molar-refractivity contribution in [3.05, 3.63) is 68.7 Å². The van der Waals surface area contributed by atoms with Gasteiger partial charge in [-0.25, -0.2) is 8.78 Å². The molecule has 0 heterocycles. The van der Waals surface area contributed by atoms with Gasteiger partial charge in [0.25, 0.3) is 0 Å². The maximum absolute atomic E-state index is 13.5. The van der Waals surface area contributed by atoms with Gasteiger partial charge in [-0.1, -0.05) is 33.6 Å². The fraction of sp³-hybridized carbons (Fsp3) is 0.143. The highest BCUT2D eigenvalue weighted by Crippen LogP contribution is 2.26. The second-order valence-corrected chi connectivity index (χ2v) is 5.51. The summed E-state index contributed by atoms with van der Waals surface area (Å²) in [5, 5.41) is 10.6. The van der Waals surface area contributed by atoms with Crippen LogP contribution in [-0.2, 0) is 6.42 Å². The van der Waals surface area contributed by atoms with E-state index in [0.717, 1.165) is 10.5 Å². The molecule has 0 aliphatic rings. The molecule has 0 saturated carbocycles. The molecule has 0 spiro atoms. The lowest BCUT2D eigenvalue weighted by atomic mass is 10.0. The molecule has 1 N–H and O–H groups in total. The zero-order valence-electron chi connectivity index (χ0n) is 9.71. The van der Waals surface area contributed by atoms with Crippen LogP contribution in [0.15, 0.2) is 40.9 Å². The minimum absolute atomic E-state index is 0.0545. The summed E-state index contributed by atoms with van der Waals surface area (Å²) >= 11 is 9.16. The largest absolute Gasteiger partial charge is 0.388 e. The Kier molecular flexibility index (Phi) is 4.55. The summed E-state index contributed by atoms with van der Waals surface area (Å²) in [5.74, 6) is -1.30. The Balaban J connectivity index is 2.22. The lowest BCUT2D eigenvalue weighted by molar-refractivity contribution is 0.177. The monoisotopic (exact) mass is 346 g/mol. The van der Waals surface area contributed by atoms with Gasteiger partial charge in [-0.05, 0) is 35.4 Å². The standard InChI is InChI=1S/C14H10BrClF2O/c15-10-3-9(4-11(16)6-10)14(19)5-8-1-2-12(17)7-13(8)18/h1-4,6-7,14,19H,5H2. The van der Waals surface area contributed by atoms with Gasteiger partial charge < -0.3 is 5.11 Å². The predicted molar refractivity (Wildman–Crippen MR) is 74.2 cm³/mol. The van der Waals surface area contributed by atoms with Crippen molar-refractivity contribution in [3.63, 3.8) is 0 Å². The average Bonchev–Trinajstić information content (AvgIpc) is 2.31. The number of hydrogen-bond donors (Lipinski definition) is 1. The predicted octanol–water partition coefficient (Wildman–Crippen LogP) is 4.66. The number of aliphatic hydroxyl groups excluding tert-OH is 1. The van der Waals surface area contributed by atoms with Crippen LogP contribution in [-0.4, -0.2) is 5.11 Å². The molecule has 0 bridgehead atoms. The maximum atomic E-state index is 13.5. The molecule has 0 fully saturated rings. The second-order valence-electron chi connectivity index (χ2n) is 4.16. The van der Waals surface area contributed by atoms with E-state index >= 15 is 0 Å². The number of rotatable bonds is 3. The van der Waals surface area contributed by atoms with Crippen LogP contribution in [0, 0.1) is 11.6 Å². The van der Waals surface area contributed by atoms with E-state index < -0.39 is 17.7 Å². The topological polar surface area (TPSA) is 20.2 Å². The SMILES string of the molecule is OC(Cc1ccc(F)cc1F)c1cc(Cl)cc(Br)c1. The molecular formula is C14H10BrClF2O. The van der Waals surface area contributed by atoms with Crippen molar-refractivity contribution in [2.24, 2.45) is 0 Å². The van der Waals surface area contributed by atoms with E-state index in [1.54, 1.807) is 18.2 Å². The molecule has 1 unspecified atom stereocenters.